The van der Waals surface area contributed by atoms with Crippen LogP contribution in [0, 0.1) is 0 Å². The maximum absolute atomic E-state index is 13.2. The van der Waals surface area contributed by atoms with Crippen molar-refractivity contribution >= 4 is 28.7 Å². The number of hydrogen-bond donors (Lipinski definition) is 1. The molecule has 1 fully saturated rings. The van der Waals surface area contributed by atoms with E-state index in [4.69, 9.17) is 4.74 Å². The molecule has 2 aliphatic heterocycles. The molecule has 6 nitrogen and oxygen atoms in total. The summed E-state index contributed by atoms with van der Waals surface area (Å²) in [6.07, 6.45) is 7.30. The number of H-pyrrole nitrogens is 1. The number of Topliss-reactive ketones (excluding diaryl/α,β-unsaturated/α-hetero) is 1. The molecule has 0 aliphatic carbocycles. The van der Waals surface area contributed by atoms with Gasteiger partial charge < -0.3 is 14.5 Å². The van der Waals surface area contributed by atoms with Gasteiger partial charge >= 0.3 is 5.97 Å². The van der Waals surface area contributed by atoms with Crippen LogP contribution in [0.3, 0.4) is 0 Å². The number of likely N-dealkylation sites (tertiary alicyclic amines) is 1. The molecule has 33 heavy (non-hydrogen) atoms. The van der Waals surface area contributed by atoms with Crippen LogP contribution in [0.5, 0.6) is 5.75 Å². The molecule has 0 amide bonds. The number of fused-ring (bicyclic) bond motifs is 2. The third-order valence-corrected chi connectivity index (χ3v) is 6.91. The molecule has 3 heterocycles. The number of piperidine rings is 1. The molecule has 1 N–H and O–H groups in total. The molecule has 1 aromatic heterocycles. The van der Waals surface area contributed by atoms with E-state index in [-0.39, 0.29) is 11.8 Å². The molecule has 1 spiro atoms. The first-order valence-corrected chi connectivity index (χ1v) is 11.4. The molecule has 1 saturated heterocycles. The Morgan fingerprint density at radius 3 is 2.97 bits per heavy atom. The number of para-hydroxylation sites is 1. The first-order chi connectivity index (χ1) is 16.0. The summed E-state index contributed by atoms with van der Waals surface area (Å²) >= 11 is 0. The van der Waals surface area contributed by atoms with Gasteiger partial charge in [0, 0.05) is 35.8 Å². The smallest absolute Gasteiger partial charge is 0.330 e. The van der Waals surface area contributed by atoms with Gasteiger partial charge in [-0.25, -0.2) is 4.79 Å². The Labute approximate surface area is 193 Å². The van der Waals surface area contributed by atoms with Gasteiger partial charge in [0.1, 0.15) is 11.4 Å². The molecule has 2 aromatic carbocycles. The third-order valence-electron chi connectivity index (χ3n) is 6.91. The van der Waals surface area contributed by atoms with Crippen molar-refractivity contribution in [3.8, 4) is 5.75 Å². The van der Waals surface area contributed by atoms with Crippen molar-refractivity contribution < 1.29 is 19.1 Å². The van der Waals surface area contributed by atoms with Crippen LogP contribution < -0.4 is 4.74 Å². The lowest BCUT2D eigenvalue weighted by Crippen LogP contribution is -2.55. The minimum absolute atomic E-state index is 0.0890. The number of carbonyl (C=O) groups is 2. The number of aromatic amines is 1. The molecule has 6 heteroatoms. The van der Waals surface area contributed by atoms with Crippen molar-refractivity contribution in [2.45, 2.75) is 37.8 Å². The number of nitrogens with one attached hydrogen (secondary N) is 1. The Morgan fingerprint density at radius 2 is 2.12 bits per heavy atom. The van der Waals surface area contributed by atoms with Gasteiger partial charge in [0.25, 0.3) is 0 Å². The Bertz CT molecular complexity index is 1240. The fourth-order valence-corrected chi connectivity index (χ4v) is 5.17. The lowest BCUT2D eigenvalue weighted by molar-refractivity contribution is -0.134. The van der Waals surface area contributed by atoms with Gasteiger partial charge in [-0.15, -0.1) is 0 Å². The fraction of sp³-hybridized carbons (Fsp3) is 0.333. The number of esters is 1. The van der Waals surface area contributed by atoms with E-state index in [1.807, 2.05) is 18.2 Å². The standard InChI is InChI=1S/C27H28N2O4/c1-18(22-16-28-23-7-4-3-6-20(22)23)29-13-5-12-27(17-29)15-24(30)21-14-19(8-10-25(21)33-27)9-11-26(31)32-2/h3-4,6-11,14,16,18,28H,5,12-13,15,17H2,1-2H3. The SMILES string of the molecule is COC(=O)C=Cc1ccc2c(c1)C(=O)CC1(CCCN(C(C)c3c[nH]c4ccccc34)C1)O2. The lowest BCUT2D eigenvalue weighted by Gasteiger charge is -2.46. The first-order valence-electron chi connectivity index (χ1n) is 11.4. The number of hydrogen-bond acceptors (Lipinski definition) is 5. The third kappa shape index (κ3) is 4.07. The average Bonchev–Trinajstić information content (AvgIpc) is 3.26. The summed E-state index contributed by atoms with van der Waals surface area (Å²) in [6.45, 7) is 3.92. The van der Waals surface area contributed by atoms with Crippen molar-refractivity contribution in [3.05, 3.63) is 71.4 Å². The van der Waals surface area contributed by atoms with E-state index in [0.717, 1.165) is 30.5 Å². The van der Waals surface area contributed by atoms with E-state index in [9.17, 15) is 9.59 Å². The summed E-state index contributed by atoms with van der Waals surface area (Å²) in [6, 6.07) is 14.1. The second kappa shape index (κ2) is 8.52. The van der Waals surface area contributed by atoms with Crippen molar-refractivity contribution in [3.63, 3.8) is 0 Å². The minimum atomic E-state index is -0.508. The molecule has 3 aromatic rings. The van der Waals surface area contributed by atoms with E-state index in [0.29, 0.717) is 24.3 Å². The summed E-state index contributed by atoms with van der Waals surface area (Å²) in [4.78, 5) is 30.4. The van der Waals surface area contributed by atoms with E-state index < -0.39 is 11.6 Å². The number of benzene rings is 2. The second-order valence-electron chi connectivity index (χ2n) is 9.04. The van der Waals surface area contributed by atoms with Gasteiger partial charge in [-0.05, 0) is 61.7 Å². The quantitative estimate of drug-likeness (QED) is 0.457. The zero-order valence-electron chi connectivity index (χ0n) is 19.0. The highest BCUT2D eigenvalue weighted by molar-refractivity contribution is 6.01. The highest BCUT2D eigenvalue weighted by atomic mass is 16.5. The van der Waals surface area contributed by atoms with Crippen molar-refractivity contribution in [2.24, 2.45) is 0 Å². The van der Waals surface area contributed by atoms with Gasteiger partial charge in [0.15, 0.2) is 5.78 Å². The molecule has 2 aliphatic rings. The van der Waals surface area contributed by atoms with Crippen LogP contribution in [-0.2, 0) is 9.53 Å². The van der Waals surface area contributed by atoms with E-state index in [1.54, 1.807) is 12.1 Å². The molecule has 5 rings (SSSR count). The van der Waals surface area contributed by atoms with Gasteiger partial charge in [-0.1, -0.05) is 24.3 Å². The van der Waals surface area contributed by atoms with Crippen LogP contribution in [0.1, 0.15) is 53.7 Å². The molecular formula is C27H28N2O4. The monoisotopic (exact) mass is 444 g/mol. The Morgan fingerprint density at radius 1 is 1.27 bits per heavy atom. The summed E-state index contributed by atoms with van der Waals surface area (Å²) < 4.78 is 11.2. The minimum Gasteiger partial charge on any atom is -0.485 e. The normalized spacial score (nSPS) is 21.8. The number of ether oxygens (including phenoxy) is 2. The summed E-state index contributed by atoms with van der Waals surface area (Å²) in [5.41, 5.74) is 3.25. The lowest BCUT2D eigenvalue weighted by atomic mass is 9.82. The fourth-order valence-electron chi connectivity index (χ4n) is 5.17. The Balaban J connectivity index is 1.37. The summed E-state index contributed by atoms with van der Waals surface area (Å²) in [5.74, 6) is 0.287. The van der Waals surface area contributed by atoms with E-state index in [1.165, 1.54) is 24.1 Å². The molecule has 2 unspecified atom stereocenters. The summed E-state index contributed by atoms with van der Waals surface area (Å²) in [5, 5.41) is 1.24. The molecular weight excluding hydrogens is 416 g/mol. The Kier molecular flexibility index (Phi) is 5.54. The molecule has 0 radical (unpaired) electrons. The van der Waals surface area contributed by atoms with Gasteiger partial charge in [-0.2, -0.15) is 0 Å². The van der Waals surface area contributed by atoms with Gasteiger partial charge in [-0.3, -0.25) is 9.69 Å². The molecule has 0 saturated carbocycles. The highest BCUT2D eigenvalue weighted by Gasteiger charge is 2.44. The van der Waals surface area contributed by atoms with Gasteiger partial charge in [0.05, 0.1) is 19.1 Å². The predicted octanol–water partition coefficient (Wildman–Crippen LogP) is 4.92. The largest absolute Gasteiger partial charge is 0.485 e. The van der Waals surface area contributed by atoms with E-state index in [2.05, 4.69) is 45.9 Å². The van der Waals surface area contributed by atoms with Crippen LogP contribution in [0.15, 0.2) is 54.7 Å². The Hall–Kier alpha value is -3.38. The number of ketones is 1. The maximum atomic E-state index is 13.2. The van der Waals surface area contributed by atoms with Crippen LogP contribution in [0.2, 0.25) is 0 Å². The topological polar surface area (TPSA) is 71.6 Å². The summed E-state index contributed by atoms with van der Waals surface area (Å²) in [7, 11) is 1.34. The van der Waals surface area contributed by atoms with E-state index >= 15 is 0 Å². The van der Waals surface area contributed by atoms with Crippen molar-refractivity contribution in [1.82, 2.24) is 9.88 Å². The highest BCUT2D eigenvalue weighted by Crippen LogP contribution is 2.41. The second-order valence-corrected chi connectivity index (χ2v) is 9.04. The number of aromatic nitrogens is 1. The molecule has 0 bridgehead atoms. The zero-order chi connectivity index (χ0) is 23.0. The first kappa shape index (κ1) is 21.5. The molecule has 2 atom stereocenters. The molecule has 170 valence electrons. The van der Waals surface area contributed by atoms with Gasteiger partial charge in [0.2, 0.25) is 0 Å². The number of carbonyl (C=O) groups excluding carboxylic acids is 2. The van der Waals surface area contributed by atoms with Crippen molar-refractivity contribution in [1.29, 1.82) is 0 Å². The number of rotatable bonds is 4. The van der Waals surface area contributed by atoms with Crippen LogP contribution in [-0.4, -0.2) is 47.4 Å². The zero-order valence-corrected chi connectivity index (χ0v) is 19.0. The number of methoxy groups -OCH3 is 1. The van der Waals surface area contributed by atoms with Crippen LogP contribution in [0.25, 0.3) is 17.0 Å². The predicted molar refractivity (Wildman–Crippen MR) is 127 cm³/mol. The average molecular weight is 445 g/mol. The maximum Gasteiger partial charge on any atom is 0.330 e. The van der Waals surface area contributed by atoms with Crippen molar-refractivity contribution in [2.75, 3.05) is 20.2 Å². The van der Waals surface area contributed by atoms with Crippen LogP contribution >= 0.6 is 0 Å². The van der Waals surface area contributed by atoms with Crippen LogP contribution in [0.4, 0.5) is 0 Å². The number of nitrogens with zero attached hydrogens (tertiary/aromatic N) is 1.